The molecule has 3 rings (SSSR count). The normalized spacial score (nSPS) is 23.3. The number of hydrogen-bond acceptors (Lipinski definition) is 6. The van der Waals surface area contributed by atoms with Gasteiger partial charge in [0.05, 0.1) is 0 Å². The van der Waals surface area contributed by atoms with Gasteiger partial charge in [-0.2, -0.15) is 4.98 Å². The van der Waals surface area contributed by atoms with Crippen LogP contribution in [0.4, 0.5) is 11.8 Å². The Labute approximate surface area is 160 Å². The van der Waals surface area contributed by atoms with Gasteiger partial charge in [-0.1, -0.05) is 0 Å². The number of carbonyl (C=O) groups excluding carboxylic acids is 2. The van der Waals surface area contributed by atoms with Crippen molar-refractivity contribution in [3.05, 3.63) is 11.8 Å². The highest BCUT2D eigenvalue weighted by molar-refractivity contribution is 5.74. The molecular formula is C19H30N6O2. The van der Waals surface area contributed by atoms with Crippen LogP contribution in [0.2, 0.25) is 0 Å². The van der Waals surface area contributed by atoms with Crippen molar-refractivity contribution in [3.63, 3.8) is 0 Å². The summed E-state index contributed by atoms with van der Waals surface area (Å²) in [5.41, 5.74) is 11.8. The maximum Gasteiger partial charge on any atom is 0.227 e. The molecule has 2 saturated heterocycles. The number of rotatable bonds is 6. The van der Waals surface area contributed by atoms with Crippen molar-refractivity contribution >= 4 is 23.6 Å². The molecule has 1 aromatic heterocycles. The van der Waals surface area contributed by atoms with Gasteiger partial charge in [-0.15, -0.1) is 0 Å². The van der Waals surface area contributed by atoms with Crippen LogP contribution >= 0.6 is 0 Å². The third-order valence-corrected chi connectivity index (χ3v) is 5.53. The molecule has 2 atom stereocenters. The summed E-state index contributed by atoms with van der Waals surface area (Å²) in [6.45, 7) is 5.39. The molecule has 3 heterocycles. The number of carbonyl (C=O) groups is 2. The van der Waals surface area contributed by atoms with E-state index < -0.39 is 0 Å². The third-order valence-electron chi connectivity index (χ3n) is 5.53. The van der Waals surface area contributed by atoms with E-state index in [1.807, 2.05) is 13.1 Å². The van der Waals surface area contributed by atoms with E-state index >= 15 is 0 Å². The van der Waals surface area contributed by atoms with Crippen molar-refractivity contribution in [2.24, 2.45) is 23.3 Å². The zero-order chi connectivity index (χ0) is 19.4. The number of piperidine rings is 2. The predicted molar refractivity (Wildman–Crippen MR) is 104 cm³/mol. The standard InChI is InChI=1S/C19H30N6O2/c1-13-10-22-19(25-7-3-5-15(12-25)9-17(21)27)23-18(13)24-6-2-4-14(11-24)8-16(20)26/h10,14-15H,2-9,11-12H2,1H3,(H2,20,26)(H2,21,27). The van der Waals surface area contributed by atoms with E-state index in [1.165, 1.54) is 0 Å². The van der Waals surface area contributed by atoms with Gasteiger partial charge in [-0.3, -0.25) is 9.59 Å². The van der Waals surface area contributed by atoms with Gasteiger partial charge in [-0.05, 0) is 44.4 Å². The van der Waals surface area contributed by atoms with Crippen molar-refractivity contribution in [3.8, 4) is 0 Å². The van der Waals surface area contributed by atoms with E-state index in [0.29, 0.717) is 18.8 Å². The number of anilines is 2. The summed E-state index contributed by atoms with van der Waals surface area (Å²) >= 11 is 0. The monoisotopic (exact) mass is 374 g/mol. The second kappa shape index (κ2) is 8.54. The van der Waals surface area contributed by atoms with Crippen LogP contribution in [-0.2, 0) is 9.59 Å². The fourth-order valence-electron chi connectivity index (χ4n) is 4.30. The number of primary amides is 2. The Morgan fingerprint density at radius 2 is 1.59 bits per heavy atom. The first-order valence-corrected chi connectivity index (χ1v) is 9.82. The first-order chi connectivity index (χ1) is 12.9. The van der Waals surface area contributed by atoms with E-state index in [0.717, 1.165) is 63.2 Å². The third kappa shape index (κ3) is 5.08. The largest absolute Gasteiger partial charge is 0.370 e. The Balaban J connectivity index is 1.74. The summed E-state index contributed by atoms with van der Waals surface area (Å²) in [7, 11) is 0. The van der Waals surface area contributed by atoms with E-state index in [2.05, 4.69) is 14.8 Å². The second-order valence-corrected chi connectivity index (χ2v) is 7.93. The molecule has 0 radical (unpaired) electrons. The van der Waals surface area contributed by atoms with Crippen LogP contribution in [-0.4, -0.2) is 48.0 Å². The molecule has 0 saturated carbocycles. The average Bonchev–Trinajstić information content (AvgIpc) is 2.61. The number of aromatic nitrogens is 2. The maximum absolute atomic E-state index is 11.3. The van der Waals surface area contributed by atoms with Crippen molar-refractivity contribution in [1.29, 1.82) is 0 Å². The van der Waals surface area contributed by atoms with E-state index in [-0.39, 0.29) is 23.7 Å². The zero-order valence-electron chi connectivity index (χ0n) is 16.1. The summed E-state index contributed by atoms with van der Waals surface area (Å²) < 4.78 is 0. The van der Waals surface area contributed by atoms with Gasteiger partial charge in [0, 0.05) is 50.8 Å². The van der Waals surface area contributed by atoms with Crippen LogP contribution in [0, 0.1) is 18.8 Å². The number of hydrogen-bond donors (Lipinski definition) is 2. The Morgan fingerprint density at radius 3 is 2.19 bits per heavy atom. The topological polar surface area (TPSA) is 118 Å². The lowest BCUT2D eigenvalue weighted by Crippen LogP contribution is -2.40. The van der Waals surface area contributed by atoms with Gasteiger partial charge in [0.1, 0.15) is 5.82 Å². The zero-order valence-corrected chi connectivity index (χ0v) is 16.1. The Morgan fingerprint density at radius 1 is 1.04 bits per heavy atom. The number of nitrogens with two attached hydrogens (primary N) is 2. The summed E-state index contributed by atoms with van der Waals surface area (Å²) in [5, 5.41) is 0. The fraction of sp³-hybridized carbons (Fsp3) is 0.684. The minimum absolute atomic E-state index is 0.240. The molecule has 4 N–H and O–H groups in total. The lowest BCUT2D eigenvalue weighted by Gasteiger charge is -2.36. The van der Waals surface area contributed by atoms with Crippen LogP contribution in [0.25, 0.3) is 0 Å². The summed E-state index contributed by atoms with van der Waals surface area (Å²) in [5.74, 6) is 1.70. The Hall–Kier alpha value is -2.38. The number of amides is 2. The summed E-state index contributed by atoms with van der Waals surface area (Å²) in [4.78, 5) is 36.3. The second-order valence-electron chi connectivity index (χ2n) is 7.93. The molecule has 0 spiro atoms. The fourth-order valence-corrected chi connectivity index (χ4v) is 4.30. The van der Waals surface area contributed by atoms with Crippen LogP contribution in [0.1, 0.15) is 44.1 Å². The van der Waals surface area contributed by atoms with E-state index in [4.69, 9.17) is 16.5 Å². The molecular weight excluding hydrogens is 344 g/mol. The smallest absolute Gasteiger partial charge is 0.227 e. The van der Waals surface area contributed by atoms with Gasteiger partial charge in [0.2, 0.25) is 17.8 Å². The summed E-state index contributed by atoms with van der Waals surface area (Å²) in [6, 6.07) is 0. The molecule has 0 aliphatic carbocycles. The predicted octanol–water partition coefficient (Wildman–Crippen LogP) is 0.969. The first kappa shape index (κ1) is 19.4. The highest BCUT2D eigenvalue weighted by atomic mass is 16.1. The van der Waals surface area contributed by atoms with Crippen molar-refractivity contribution in [2.45, 2.75) is 45.4 Å². The molecule has 8 nitrogen and oxygen atoms in total. The quantitative estimate of drug-likeness (QED) is 0.766. The highest BCUT2D eigenvalue weighted by Gasteiger charge is 2.26. The molecule has 2 aliphatic rings. The molecule has 1 aromatic rings. The molecule has 0 aromatic carbocycles. The Kier molecular flexibility index (Phi) is 6.13. The van der Waals surface area contributed by atoms with Crippen molar-refractivity contribution in [2.75, 3.05) is 36.0 Å². The van der Waals surface area contributed by atoms with E-state index in [9.17, 15) is 9.59 Å². The summed E-state index contributed by atoms with van der Waals surface area (Å²) in [6.07, 6.45) is 6.78. The maximum atomic E-state index is 11.3. The number of nitrogens with zero attached hydrogens (tertiary/aromatic N) is 4. The molecule has 2 unspecified atom stereocenters. The molecule has 2 aliphatic heterocycles. The Bertz CT molecular complexity index is 695. The van der Waals surface area contributed by atoms with Gasteiger partial charge >= 0.3 is 0 Å². The van der Waals surface area contributed by atoms with Crippen LogP contribution in [0.15, 0.2) is 6.20 Å². The van der Waals surface area contributed by atoms with Crippen molar-refractivity contribution in [1.82, 2.24) is 9.97 Å². The molecule has 148 valence electrons. The van der Waals surface area contributed by atoms with Crippen molar-refractivity contribution < 1.29 is 9.59 Å². The van der Waals surface area contributed by atoms with Gasteiger partial charge in [0.25, 0.3) is 0 Å². The van der Waals surface area contributed by atoms with Gasteiger partial charge < -0.3 is 21.3 Å². The molecule has 8 heteroatoms. The van der Waals surface area contributed by atoms with E-state index in [1.54, 1.807) is 0 Å². The molecule has 0 bridgehead atoms. The highest BCUT2D eigenvalue weighted by Crippen LogP contribution is 2.28. The first-order valence-electron chi connectivity index (χ1n) is 9.82. The van der Waals surface area contributed by atoms with Gasteiger partial charge in [0.15, 0.2) is 0 Å². The van der Waals surface area contributed by atoms with Crippen LogP contribution < -0.4 is 21.3 Å². The van der Waals surface area contributed by atoms with Crippen LogP contribution in [0.3, 0.4) is 0 Å². The molecule has 2 amide bonds. The number of aryl methyl sites for hydroxylation is 1. The SMILES string of the molecule is Cc1cnc(N2CCCC(CC(N)=O)C2)nc1N1CCCC(CC(N)=O)C1. The lowest BCUT2D eigenvalue weighted by atomic mass is 9.94. The minimum atomic E-state index is -0.249. The molecule has 2 fully saturated rings. The molecule has 27 heavy (non-hydrogen) atoms. The van der Waals surface area contributed by atoms with Crippen LogP contribution in [0.5, 0.6) is 0 Å². The lowest BCUT2D eigenvalue weighted by molar-refractivity contribution is -0.119. The van der Waals surface area contributed by atoms with Gasteiger partial charge in [-0.25, -0.2) is 4.98 Å². The minimum Gasteiger partial charge on any atom is -0.370 e. The average molecular weight is 374 g/mol.